The monoisotopic (exact) mass is 152 g/mol. The standard InChI is InChI=1S/C5H7F3N2/c1-3-2-4(10-9-3)5(6,7)8/h3-4H,2H2,1H3. The molecule has 0 saturated heterocycles. The van der Waals surface area contributed by atoms with Crippen LogP contribution in [0.3, 0.4) is 0 Å². The highest BCUT2D eigenvalue weighted by atomic mass is 19.4. The summed E-state index contributed by atoms with van der Waals surface area (Å²) in [4.78, 5) is 0. The van der Waals surface area contributed by atoms with Crippen LogP contribution in [0.5, 0.6) is 0 Å². The Hall–Kier alpha value is -0.610. The van der Waals surface area contributed by atoms with Gasteiger partial charge in [-0.05, 0) is 6.92 Å². The highest BCUT2D eigenvalue weighted by Crippen LogP contribution is 2.30. The maximum absolute atomic E-state index is 11.8. The van der Waals surface area contributed by atoms with Crippen molar-refractivity contribution in [2.45, 2.75) is 31.6 Å². The largest absolute Gasteiger partial charge is 0.412 e. The van der Waals surface area contributed by atoms with E-state index in [0.29, 0.717) is 0 Å². The molecule has 1 aliphatic heterocycles. The summed E-state index contributed by atoms with van der Waals surface area (Å²) in [6.07, 6.45) is -4.20. The maximum atomic E-state index is 11.8. The molecule has 5 heteroatoms. The Morgan fingerprint density at radius 1 is 1.30 bits per heavy atom. The molecule has 0 bridgehead atoms. The summed E-state index contributed by atoms with van der Waals surface area (Å²) in [5.74, 6) is 0. The van der Waals surface area contributed by atoms with Crippen molar-refractivity contribution in [1.82, 2.24) is 0 Å². The molecule has 2 unspecified atom stereocenters. The molecular formula is C5H7F3N2. The first-order valence-corrected chi connectivity index (χ1v) is 2.97. The fourth-order valence-corrected chi connectivity index (χ4v) is 0.811. The molecule has 58 valence electrons. The molecule has 0 amide bonds. The highest BCUT2D eigenvalue weighted by Gasteiger charge is 2.43. The number of rotatable bonds is 0. The molecule has 1 rings (SSSR count). The lowest BCUT2D eigenvalue weighted by atomic mass is 10.1. The van der Waals surface area contributed by atoms with Crippen LogP contribution < -0.4 is 0 Å². The molecule has 0 aromatic rings. The number of nitrogens with zero attached hydrogens (tertiary/aromatic N) is 2. The summed E-state index contributed by atoms with van der Waals surface area (Å²) < 4.78 is 35.3. The molecule has 0 spiro atoms. The van der Waals surface area contributed by atoms with E-state index in [1.54, 1.807) is 6.92 Å². The summed E-state index contributed by atoms with van der Waals surface area (Å²) in [7, 11) is 0. The average Bonchev–Trinajstić information content (AvgIpc) is 2.11. The van der Waals surface area contributed by atoms with Crippen molar-refractivity contribution in [1.29, 1.82) is 0 Å². The van der Waals surface area contributed by atoms with E-state index in [2.05, 4.69) is 10.2 Å². The van der Waals surface area contributed by atoms with Crippen molar-refractivity contribution in [2.24, 2.45) is 10.2 Å². The minimum Gasteiger partial charge on any atom is -0.190 e. The van der Waals surface area contributed by atoms with Crippen LogP contribution in [0.4, 0.5) is 13.2 Å². The molecule has 0 aliphatic carbocycles. The van der Waals surface area contributed by atoms with E-state index in [-0.39, 0.29) is 12.5 Å². The van der Waals surface area contributed by atoms with Crippen LogP contribution in [0.25, 0.3) is 0 Å². The first kappa shape index (κ1) is 7.50. The molecule has 0 fully saturated rings. The molecule has 0 aromatic heterocycles. The van der Waals surface area contributed by atoms with Gasteiger partial charge < -0.3 is 0 Å². The van der Waals surface area contributed by atoms with Crippen molar-refractivity contribution < 1.29 is 13.2 Å². The lowest BCUT2D eigenvalue weighted by Gasteiger charge is -2.09. The van der Waals surface area contributed by atoms with Gasteiger partial charge in [0.1, 0.15) is 0 Å². The van der Waals surface area contributed by atoms with E-state index in [1.165, 1.54) is 0 Å². The van der Waals surface area contributed by atoms with Gasteiger partial charge in [-0.3, -0.25) is 0 Å². The molecule has 1 heterocycles. The Morgan fingerprint density at radius 2 is 1.90 bits per heavy atom. The third-order valence-electron chi connectivity index (χ3n) is 1.35. The lowest BCUT2D eigenvalue weighted by molar-refractivity contribution is -0.146. The zero-order valence-corrected chi connectivity index (χ0v) is 5.39. The summed E-state index contributed by atoms with van der Waals surface area (Å²) in [5, 5.41) is 6.48. The van der Waals surface area contributed by atoms with Crippen LogP contribution in [-0.2, 0) is 0 Å². The smallest absolute Gasteiger partial charge is 0.190 e. The van der Waals surface area contributed by atoms with Crippen LogP contribution in [-0.4, -0.2) is 18.3 Å². The van der Waals surface area contributed by atoms with Gasteiger partial charge in [0.2, 0.25) is 0 Å². The SMILES string of the molecule is CC1CC(C(F)(F)F)N=N1. The molecule has 2 nitrogen and oxygen atoms in total. The van der Waals surface area contributed by atoms with Crippen molar-refractivity contribution in [3.8, 4) is 0 Å². The van der Waals surface area contributed by atoms with Crippen LogP contribution in [0, 0.1) is 0 Å². The van der Waals surface area contributed by atoms with Crippen LogP contribution in [0.2, 0.25) is 0 Å². The number of hydrogen-bond acceptors (Lipinski definition) is 2. The summed E-state index contributed by atoms with van der Waals surface area (Å²) in [6, 6.07) is -1.82. The van der Waals surface area contributed by atoms with Crippen molar-refractivity contribution >= 4 is 0 Å². The van der Waals surface area contributed by atoms with E-state index in [9.17, 15) is 13.2 Å². The second kappa shape index (κ2) is 2.21. The number of azo groups is 1. The predicted octanol–water partition coefficient (Wildman–Crippen LogP) is 2.16. The molecule has 0 aromatic carbocycles. The van der Waals surface area contributed by atoms with E-state index in [1.807, 2.05) is 0 Å². The Bertz CT molecular complexity index is 151. The van der Waals surface area contributed by atoms with Crippen LogP contribution >= 0.6 is 0 Å². The minimum atomic E-state index is -4.20. The van der Waals surface area contributed by atoms with Gasteiger partial charge in [0.25, 0.3) is 0 Å². The zero-order valence-electron chi connectivity index (χ0n) is 5.39. The van der Waals surface area contributed by atoms with Gasteiger partial charge in [-0.15, -0.1) is 0 Å². The fourth-order valence-electron chi connectivity index (χ4n) is 0.811. The Kier molecular flexibility index (Phi) is 1.66. The van der Waals surface area contributed by atoms with Crippen molar-refractivity contribution in [3.05, 3.63) is 0 Å². The van der Waals surface area contributed by atoms with E-state index < -0.39 is 12.2 Å². The zero-order chi connectivity index (χ0) is 7.78. The van der Waals surface area contributed by atoms with Crippen LogP contribution in [0.15, 0.2) is 10.2 Å². The van der Waals surface area contributed by atoms with Gasteiger partial charge >= 0.3 is 6.18 Å². The van der Waals surface area contributed by atoms with E-state index >= 15 is 0 Å². The van der Waals surface area contributed by atoms with Gasteiger partial charge in [0, 0.05) is 6.42 Å². The topological polar surface area (TPSA) is 24.7 Å². The minimum absolute atomic E-state index is 0.00347. The molecule has 0 radical (unpaired) electrons. The maximum Gasteiger partial charge on any atom is 0.412 e. The molecule has 2 atom stereocenters. The van der Waals surface area contributed by atoms with E-state index in [0.717, 1.165) is 0 Å². The molecular weight excluding hydrogens is 145 g/mol. The number of halogens is 3. The quantitative estimate of drug-likeness (QED) is 0.508. The van der Waals surface area contributed by atoms with Gasteiger partial charge in [-0.25, -0.2) is 0 Å². The molecule has 0 saturated carbocycles. The van der Waals surface area contributed by atoms with E-state index in [4.69, 9.17) is 0 Å². The second-order valence-corrected chi connectivity index (χ2v) is 2.37. The lowest BCUT2D eigenvalue weighted by Crippen LogP contribution is -2.25. The molecule has 0 N–H and O–H groups in total. The molecule has 10 heavy (non-hydrogen) atoms. The van der Waals surface area contributed by atoms with Crippen molar-refractivity contribution in [3.63, 3.8) is 0 Å². The fraction of sp³-hybridized carbons (Fsp3) is 1.00. The third-order valence-corrected chi connectivity index (χ3v) is 1.35. The number of hydrogen-bond donors (Lipinski definition) is 0. The normalized spacial score (nSPS) is 33.2. The Morgan fingerprint density at radius 3 is 2.10 bits per heavy atom. The van der Waals surface area contributed by atoms with Gasteiger partial charge in [0.15, 0.2) is 6.04 Å². The Labute approximate surface area is 56.1 Å². The summed E-state index contributed by atoms with van der Waals surface area (Å²) in [5.41, 5.74) is 0. The van der Waals surface area contributed by atoms with Gasteiger partial charge in [0.05, 0.1) is 6.04 Å². The first-order chi connectivity index (χ1) is 4.50. The van der Waals surface area contributed by atoms with Gasteiger partial charge in [-0.2, -0.15) is 23.4 Å². The van der Waals surface area contributed by atoms with Crippen molar-refractivity contribution in [2.75, 3.05) is 0 Å². The number of alkyl halides is 3. The summed E-state index contributed by atoms with van der Waals surface area (Å²) >= 11 is 0. The third kappa shape index (κ3) is 1.46. The highest BCUT2D eigenvalue weighted by molar-refractivity contribution is 4.82. The van der Waals surface area contributed by atoms with Gasteiger partial charge in [-0.1, -0.05) is 0 Å². The summed E-state index contributed by atoms with van der Waals surface area (Å²) in [6.45, 7) is 1.62. The Balaban J connectivity index is 2.55. The average molecular weight is 152 g/mol. The van der Waals surface area contributed by atoms with Crippen LogP contribution in [0.1, 0.15) is 13.3 Å². The molecule has 1 aliphatic rings. The first-order valence-electron chi connectivity index (χ1n) is 2.97. The second-order valence-electron chi connectivity index (χ2n) is 2.37. The predicted molar refractivity (Wildman–Crippen MR) is 28.8 cm³/mol.